The van der Waals surface area contributed by atoms with Gasteiger partial charge in [-0.3, -0.25) is 0 Å². The van der Waals surface area contributed by atoms with Gasteiger partial charge in [0.15, 0.2) is 0 Å². The minimum Gasteiger partial charge on any atom is -0.388 e. The third-order valence-corrected chi connectivity index (χ3v) is 4.74. The molecule has 98 valence electrons. The van der Waals surface area contributed by atoms with Crippen molar-refractivity contribution in [2.45, 2.75) is 38.2 Å². The molecule has 2 aliphatic carbocycles. The Bertz CT molecular complexity index is 426. The molecule has 4 unspecified atom stereocenters. The molecule has 2 bridgehead atoms. The number of rotatable bonds is 3. The Morgan fingerprint density at radius 3 is 2.44 bits per heavy atom. The molecule has 3 heteroatoms. The van der Waals surface area contributed by atoms with Gasteiger partial charge in [0.1, 0.15) is 11.6 Å². The molecule has 1 nitrogen and oxygen atoms in total. The van der Waals surface area contributed by atoms with Gasteiger partial charge in [0.05, 0.1) is 11.7 Å². The zero-order valence-corrected chi connectivity index (χ0v) is 10.3. The zero-order valence-electron chi connectivity index (χ0n) is 10.3. The Labute approximate surface area is 106 Å². The van der Waals surface area contributed by atoms with Gasteiger partial charge in [0.25, 0.3) is 0 Å². The monoisotopic (exact) mass is 252 g/mol. The number of hydrogen-bond donors (Lipinski definition) is 1. The van der Waals surface area contributed by atoms with Crippen LogP contribution >= 0.6 is 0 Å². The summed E-state index contributed by atoms with van der Waals surface area (Å²) in [6.45, 7) is 0. The Morgan fingerprint density at radius 1 is 1.17 bits per heavy atom. The quantitative estimate of drug-likeness (QED) is 0.867. The topological polar surface area (TPSA) is 20.2 Å². The molecule has 3 rings (SSSR count). The zero-order chi connectivity index (χ0) is 12.7. The van der Waals surface area contributed by atoms with E-state index in [1.165, 1.54) is 37.5 Å². The average molecular weight is 252 g/mol. The van der Waals surface area contributed by atoms with Gasteiger partial charge in [-0.1, -0.05) is 12.5 Å². The summed E-state index contributed by atoms with van der Waals surface area (Å²) in [4.78, 5) is 0. The van der Waals surface area contributed by atoms with Crippen molar-refractivity contribution in [3.63, 3.8) is 0 Å². The van der Waals surface area contributed by atoms with Crippen molar-refractivity contribution in [3.05, 3.63) is 35.4 Å². The molecule has 0 amide bonds. The van der Waals surface area contributed by atoms with E-state index in [1.807, 2.05) is 0 Å². The van der Waals surface area contributed by atoms with Gasteiger partial charge >= 0.3 is 0 Å². The van der Waals surface area contributed by atoms with E-state index in [0.29, 0.717) is 18.3 Å². The van der Waals surface area contributed by atoms with E-state index in [9.17, 15) is 13.9 Å². The second-order valence-electron chi connectivity index (χ2n) is 5.82. The number of aliphatic hydroxyl groups excluding tert-OH is 1. The second kappa shape index (κ2) is 4.61. The molecule has 0 aliphatic heterocycles. The third-order valence-electron chi connectivity index (χ3n) is 4.74. The fourth-order valence-corrected chi connectivity index (χ4v) is 3.90. The van der Waals surface area contributed by atoms with Crippen molar-refractivity contribution in [1.82, 2.24) is 0 Å². The first kappa shape index (κ1) is 12.1. The maximum atomic E-state index is 13.6. The van der Waals surface area contributed by atoms with Crippen molar-refractivity contribution in [2.24, 2.45) is 17.8 Å². The summed E-state index contributed by atoms with van der Waals surface area (Å²) >= 11 is 0. The predicted octanol–water partition coefficient (Wildman–Crippen LogP) is 3.82. The van der Waals surface area contributed by atoms with Gasteiger partial charge < -0.3 is 5.11 Å². The maximum absolute atomic E-state index is 13.6. The Morgan fingerprint density at radius 2 is 1.89 bits per heavy atom. The number of hydrogen-bond acceptors (Lipinski definition) is 1. The van der Waals surface area contributed by atoms with Gasteiger partial charge in [-0.05, 0) is 55.6 Å². The molecule has 4 atom stereocenters. The van der Waals surface area contributed by atoms with Crippen LogP contribution < -0.4 is 0 Å². The van der Waals surface area contributed by atoms with Crippen LogP contribution in [0.1, 0.15) is 43.8 Å². The molecule has 2 saturated carbocycles. The lowest BCUT2D eigenvalue weighted by Crippen LogP contribution is -2.15. The third kappa shape index (κ3) is 2.05. The molecular formula is C15H18F2O. The predicted molar refractivity (Wildman–Crippen MR) is 64.9 cm³/mol. The van der Waals surface area contributed by atoms with Crippen LogP contribution in [0.5, 0.6) is 0 Å². The largest absolute Gasteiger partial charge is 0.388 e. The molecular weight excluding hydrogens is 234 g/mol. The molecule has 2 fully saturated rings. The van der Waals surface area contributed by atoms with Crippen LogP contribution in [0.15, 0.2) is 18.2 Å². The van der Waals surface area contributed by atoms with E-state index in [0.717, 1.165) is 12.3 Å². The number of halogens is 2. The number of benzene rings is 1. The second-order valence-corrected chi connectivity index (χ2v) is 5.82. The molecule has 0 heterocycles. The van der Waals surface area contributed by atoms with E-state index >= 15 is 0 Å². The molecule has 1 aromatic carbocycles. The minimum atomic E-state index is -1.00. The van der Waals surface area contributed by atoms with Crippen LogP contribution in [-0.4, -0.2) is 5.11 Å². The first-order valence-corrected chi connectivity index (χ1v) is 6.77. The Balaban J connectivity index is 1.73. The van der Waals surface area contributed by atoms with Crippen LogP contribution in [-0.2, 0) is 0 Å². The van der Waals surface area contributed by atoms with Crippen molar-refractivity contribution < 1.29 is 13.9 Å². The lowest BCUT2D eigenvalue weighted by molar-refractivity contribution is 0.118. The Hall–Kier alpha value is -0.960. The molecule has 0 aromatic heterocycles. The first-order valence-electron chi connectivity index (χ1n) is 6.77. The van der Waals surface area contributed by atoms with Gasteiger partial charge in [-0.2, -0.15) is 0 Å². The first-order chi connectivity index (χ1) is 8.65. The van der Waals surface area contributed by atoms with E-state index in [1.54, 1.807) is 0 Å². The smallest absolute Gasteiger partial charge is 0.131 e. The molecule has 2 aliphatic rings. The van der Waals surface area contributed by atoms with E-state index in [2.05, 4.69) is 0 Å². The summed E-state index contributed by atoms with van der Waals surface area (Å²) in [6.07, 6.45) is 4.39. The van der Waals surface area contributed by atoms with Crippen molar-refractivity contribution in [2.75, 3.05) is 0 Å². The van der Waals surface area contributed by atoms with E-state index in [4.69, 9.17) is 0 Å². The Kier molecular flexibility index (Phi) is 3.10. The molecule has 0 radical (unpaired) electrons. The minimum absolute atomic E-state index is 0.153. The summed E-state index contributed by atoms with van der Waals surface area (Å²) in [6, 6.07) is 3.75. The van der Waals surface area contributed by atoms with Gasteiger partial charge in [-0.25, -0.2) is 8.78 Å². The molecule has 0 spiro atoms. The van der Waals surface area contributed by atoms with Gasteiger partial charge in [-0.15, -0.1) is 0 Å². The summed E-state index contributed by atoms with van der Waals surface area (Å²) in [5.74, 6) is 0.631. The highest BCUT2D eigenvalue weighted by molar-refractivity contribution is 5.22. The highest BCUT2D eigenvalue weighted by Gasteiger charge is 2.40. The molecule has 18 heavy (non-hydrogen) atoms. The van der Waals surface area contributed by atoms with Crippen molar-refractivity contribution in [1.29, 1.82) is 0 Å². The molecule has 1 N–H and O–H groups in total. The molecule has 1 aromatic rings. The van der Waals surface area contributed by atoms with Crippen LogP contribution in [0, 0.1) is 29.4 Å². The lowest BCUT2D eigenvalue weighted by atomic mass is 9.83. The summed E-state index contributed by atoms with van der Waals surface area (Å²) in [5, 5.41) is 10.1. The van der Waals surface area contributed by atoms with E-state index < -0.39 is 17.7 Å². The normalized spacial score (nSPS) is 31.8. The highest BCUT2D eigenvalue weighted by Crippen LogP contribution is 2.51. The summed E-state index contributed by atoms with van der Waals surface area (Å²) in [5.41, 5.74) is -0.153. The SMILES string of the molecule is OC(CC1CC2CCC1C2)c1c(F)cccc1F. The number of fused-ring (bicyclic) bond motifs is 2. The maximum Gasteiger partial charge on any atom is 0.131 e. The summed E-state index contributed by atoms with van der Waals surface area (Å²) in [7, 11) is 0. The van der Waals surface area contributed by atoms with Crippen LogP contribution in [0.4, 0.5) is 8.78 Å². The number of aliphatic hydroxyl groups is 1. The van der Waals surface area contributed by atoms with Crippen LogP contribution in [0.2, 0.25) is 0 Å². The molecule has 0 saturated heterocycles. The fourth-order valence-electron chi connectivity index (χ4n) is 3.90. The van der Waals surface area contributed by atoms with Crippen LogP contribution in [0.3, 0.4) is 0 Å². The fraction of sp³-hybridized carbons (Fsp3) is 0.600. The van der Waals surface area contributed by atoms with Crippen LogP contribution in [0.25, 0.3) is 0 Å². The summed E-state index contributed by atoms with van der Waals surface area (Å²) < 4.78 is 27.1. The average Bonchev–Trinajstić information content (AvgIpc) is 2.90. The lowest BCUT2D eigenvalue weighted by Gasteiger charge is -2.24. The van der Waals surface area contributed by atoms with Gasteiger partial charge in [0, 0.05) is 0 Å². The highest BCUT2D eigenvalue weighted by atomic mass is 19.1. The van der Waals surface area contributed by atoms with Crippen molar-refractivity contribution in [3.8, 4) is 0 Å². The van der Waals surface area contributed by atoms with Gasteiger partial charge in [0.2, 0.25) is 0 Å². The van der Waals surface area contributed by atoms with E-state index in [-0.39, 0.29) is 5.56 Å². The standard InChI is InChI=1S/C15H18F2O/c16-12-2-1-3-13(17)15(12)14(18)8-11-7-9-4-5-10(11)6-9/h1-3,9-11,14,18H,4-8H2. The van der Waals surface area contributed by atoms with Crippen molar-refractivity contribution >= 4 is 0 Å².